The summed E-state index contributed by atoms with van der Waals surface area (Å²) >= 11 is 3.26. The molecule has 0 saturated heterocycles. The fourth-order valence-corrected chi connectivity index (χ4v) is 1.53. The molecule has 0 spiro atoms. The molecule has 0 radical (unpaired) electrons. The maximum atomic E-state index is 11.7. The third-order valence-electron chi connectivity index (χ3n) is 2.18. The minimum atomic E-state index is -1.11. The maximum Gasteiger partial charge on any atom is 0.322 e. The number of carbonyl (C=O) groups is 3. The fraction of sp³-hybridized carbons (Fsp3) is 0.250. The third-order valence-corrected chi connectivity index (χ3v) is 2.71. The molecule has 0 unspecified atom stereocenters. The van der Waals surface area contributed by atoms with Crippen LogP contribution in [0, 0.1) is 0 Å². The highest BCUT2D eigenvalue weighted by Crippen LogP contribution is 2.12. The number of hydrogen-bond donors (Lipinski definition) is 2. The molecule has 1 aromatic carbocycles. The van der Waals surface area contributed by atoms with Crippen LogP contribution in [-0.2, 0) is 9.59 Å². The summed E-state index contributed by atoms with van der Waals surface area (Å²) < 4.78 is 0.873. The number of aliphatic carboxylic acids is 1. The van der Waals surface area contributed by atoms with Gasteiger partial charge in [-0.1, -0.05) is 28.1 Å². The molecule has 0 aliphatic heterocycles. The molecule has 2 N–H and O–H groups in total. The summed E-state index contributed by atoms with van der Waals surface area (Å²) in [6.07, 6.45) is 0.0509. The van der Waals surface area contributed by atoms with E-state index in [0.717, 1.165) is 4.47 Å². The fourth-order valence-electron chi connectivity index (χ4n) is 1.27. The normalized spacial score (nSPS) is 9.83. The highest BCUT2D eigenvalue weighted by molar-refractivity contribution is 9.10. The second kappa shape index (κ2) is 6.90. The third kappa shape index (κ3) is 5.09. The number of carboxylic acid groups (broad SMARTS) is 1. The SMILES string of the molecule is O=C(O)CNC(=O)CCC(=O)c1ccc(Br)cc1. The van der Waals surface area contributed by atoms with Crippen molar-refractivity contribution in [2.75, 3.05) is 6.54 Å². The van der Waals surface area contributed by atoms with Crippen molar-refractivity contribution in [3.63, 3.8) is 0 Å². The van der Waals surface area contributed by atoms with Crippen LogP contribution in [0.15, 0.2) is 28.7 Å². The number of nitrogens with one attached hydrogen (secondary N) is 1. The predicted molar refractivity (Wildman–Crippen MR) is 68.4 cm³/mol. The zero-order valence-corrected chi connectivity index (χ0v) is 11.1. The number of benzene rings is 1. The average Bonchev–Trinajstić information content (AvgIpc) is 2.34. The van der Waals surface area contributed by atoms with E-state index in [1.807, 2.05) is 0 Å². The van der Waals surface area contributed by atoms with Gasteiger partial charge in [0, 0.05) is 22.9 Å². The van der Waals surface area contributed by atoms with E-state index in [-0.39, 0.29) is 18.6 Å². The number of amides is 1. The van der Waals surface area contributed by atoms with Crippen LogP contribution in [-0.4, -0.2) is 29.3 Å². The molecule has 1 aromatic rings. The molecule has 0 atom stereocenters. The molecule has 96 valence electrons. The zero-order chi connectivity index (χ0) is 13.5. The largest absolute Gasteiger partial charge is 0.480 e. The number of rotatable bonds is 6. The van der Waals surface area contributed by atoms with Gasteiger partial charge >= 0.3 is 5.97 Å². The minimum Gasteiger partial charge on any atom is -0.480 e. The van der Waals surface area contributed by atoms with E-state index in [1.54, 1.807) is 24.3 Å². The first-order valence-corrected chi connectivity index (χ1v) is 6.05. The second-order valence-electron chi connectivity index (χ2n) is 3.60. The summed E-state index contributed by atoms with van der Waals surface area (Å²) in [5.41, 5.74) is 0.532. The van der Waals surface area contributed by atoms with Crippen LogP contribution in [0.25, 0.3) is 0 Å². The Kier molecular flexibility index (Phi) is 5.51. The smallest absolute Gasteiger partial charge is 0.322 e. The topological polar surface area (TPSA) is 83.5 Å². The van der Waals surface area contributed by atoms with Gasteiger partial charge in [-0.3, -0.25) is 14.4 Å². The molecule has 1 amide bonds. The molecule has 18 heavy (non-hydrogen) atoms. The van der Waals surface area contributed by atoms with Gasteiger partial charge in [0.1, 0.15) is 6.54 Å². The molecule has 0 aliphatic carbocycles. The first-order valence-electron chi connectivity index (χ1n) is 5.26. The van der Waals surface area contributed by atoms with Crippen molar-refractivity contribution in [3.05, 3.63) is 34.3 Å². The summed E-state index contributed by atoms with van der Waals surface area (Å²) in [6, 6.07) is 6.83. The van der Waals surface area contributed by atoms with E-state index in [2.05, 4.69) is 21.2 Å². The number of halogens is 1. The highest BCUT2D eigenvalue weighted by Gasteiger charge is 2.09. The monoisotopic (exact) mass is 313 g/mol. The summed E-state index contributed by atoms with van der Waals surface area (Å²) in [5.74, 6) is -1.70. The minimum absolute atomic E-state index is 0.0117. The molecule has 0 saturated carbocycles. The van der Waals surface area contributed by atoms with Crippen LogP contribution in [0.1, 0.15) is 23.2 Å². The average molecular weight is 314 g/mol. The van der Waals surface area contributed by atoms with E-state index in [0.29, 0.717) is 5.56 Å². The lowest BCUT2D eigenvalue weighted by atomic mass is 10.1. The van der Waals surface area contributed by atoms with Crippen molar-refractivity contribution in [2.24, 2.45) is 0 Å². The van der Waals surface area contributed by atoms with Crippen molar-refractivity contribution in [1.82, 2.24) is 5.32 Å². The molecule has 1 rings (SSSR count). The van der Waals surface area contributed by atoms with Crippen LogP contribution in [0.4, 0.5) is 0 Å². The number of hydrogen-bond acceptors (Lipinski definition) is 3. The van der Waals surface area contributed by atoms with Crippen molar-refractivity contribution in [1.29, 1.82) is 0 Å². The van der Waals surface area contributed by atoms with Crippen LogP contribution in [0.2, 0.25) is 0 Å². The molecule has 6 heteroatoms. The summed E-state index contributed by atoms with van der Waals surface area (Å²) in [4.78, 5) is 33.1. The maximum absolute atomic E-state index is 11.7. The van der Waals surface area contributed by atoms with Crippen molar-refractivity contribution >= 4 is 33.6 Å². The Morgan fingerprint density at radius 1 is 1.11 bits per heavy atom. The predicted octanol–water partition coefficient (Wildman–Crippen LogP) is 1.61. The lowest BCUT2D eigenvalue weighted by molar-refractivity contribution is -0.137. The lowest BCUT2D eigenvalue weighted by Crippen LogP contribution is -2.29. The standard InChI is InChI=1S/C12H12BrNO4/c13-9-3-1-8(2-4-9)10(15)5-6-11(16)14-7-12(17)18/h1-4H,5-7H2,(H,14,16)(H,17,18). The Hall–Kier alpha value is -1.69. The molecule has 0 bridgehead atoms. The first kappa shape index (κ1) is 14.4. The van der Waals surface area contributed by atoms with Gasteiger partial charge in [-0.05, 0) is 12.1 Å². The van der Waals surface area contributed by atoms with Crippen LogP contribution in [0.3, 0.4) is 0 Å². The summed E-state index contributed by atoms with van der Waals surface area (Å²) in [6.45, 7) is -0.425. The lowest BCUT2D eigenvalue weighted by Gasteiger charge is -2.02. The van der Waals surface area contributed by atoms with Gasteiger partial charge in [0.05, 0.1) is 0 Å². The van der Waals surface area contributed by atoms with E-state index in [9.17, 15) is 14.4 Å². The van der Waals surface area contributed by atoms with Crippen molar-refractivity contribution < 1.29 is 19.5 Å². The van der Waals surface area contributed by atoms with Gasteiger partial charge in [-0.2, -0.15) is 0 Å². The number of carbonyl (C=O) groups excluding carboxylic acids is 2. The van der Waals surface area contributed by atoms with Gasteiger partial charge in [0.2, 0.25) is 5.91 Å². The van der Waals surface area contributed by atoms with Crippen LogP contribution >= 0.6 is 15.9 Å². The Morgan fingerprint density at radius 2 is 1.72 bits per heavy atom. The highest BCUT2D eigenvalue weighted by atomic mass is 79.9. The molecule has 0 aromatic heterocycles. The van der Waals surface area contributed by atoms with Gasteiger partial charge in [-0.25, -0.2) is 0 Å². The van der Waals surface area contributed by atoms with E-state index in [4.69, 9.17) is 5.11 Å². The molecule has 0 aliphatic rings. The molecule has 0 fully saturated rings. The Balaban J connectivity index is 2.39. The summed E-state index contributed by atoms with van der Waals surface area (Å²) in [7, 11) is 0. The molecule has 5 nitrogen and oxygen atoms in total. The van der Waals surface area contributed by atoms with Crippen molar-refractivity contribution in [3.8, 4) is 0 Å². The van der Waals surface area contributed by atoms with E-state index in [1.165, 1.54) is 0 Å². The zero-order valence-electron chi connectivity index (χ0n) is 9.48. The quantitative estimate of drug-likeness (QED) is 0.782. The molecular weight excluding hydrogens is 302 g/mol. The van der Waals surface area contributed by atoms with Crippen LogP contribution in [0.5, 0.6) is 0 Å². The number of ketones is 1. The Labute approximate surface area is 112 Å². The van der Waals surface area contributed by atoms with Crippen molar-refractivity contribution in [2.45, 2.75) is 12.8 Å². The van der Waals surface area contributed by atoms with Crippen LogP contribution < -0.4 is 5.32 Å². The van der Waals surface area contributed by atoms with Gasteiger partial charge in [0.15, 0.2) is 5.78 Å². The van der Waals surface area contributed by atoms with Gasteiger partial charge < -0.3 is 10.4 Å². The van der Waals surface area contributed by atoms with Gasteiger partial charge in [-0.15, -0.1) is 0 Å². The van der Waals surface area contributed by atoms with E-state index >= 15 is 0 Å². The Bertz CT molecular complexity index is 456. The molecule has 0 heterocycles. The van der Waals surface area contributed by atoms with E-state index < -0.39 is 18.4 Å². The Morgan fingerprint density at radius 3 is 2.28 bits per heavy atom. The number of carboxylic acids is 1. The second-order valence-corrected chi connectivity index (χ2v) is 4.52. The number of Topliss-reactive ketones (excluding diaryl/α,β-unsaturated/α-hetero) is 1. The van der Waals surface area contributed by atoms with Gasteiger partial charge in [0.25, 0.3) is 0 Å². The molecular formula is C12H12BrNO4. The summed E-state index contributed by atoms with van der Waals surface area (Å²) in [5, 5.41) is 10.6. The first-order chi connectivity index (χ1) is 8.49.